The number of hydrogen-bond donors (Lipinski definition) is 0. The molecule has 0 saturated carbocycles. The summed E-state index contributed by atoms with van der Waals surface area (Å²) in [7, 11) is -5.17. The summed E-state index contributed by atoms with van der Waals surface area (Å²) in [4.78, 5) is 0. The van der Waals surface area contributed by atoms with Crippen molar-refractivity contribution >= 4 is 10.4 Å². The maximum absolute atomic E-state index is 8.58. The van der Waals surface area contributed by atoms with Gasteiger partial charge in [0.05, 0.1) is 0 Å². The summed E-state index contributed by atoms with van der Waals surface area (Å²) in [5.41, 5.74) is 0. The van der Waals surface area contributed by atoms with E-state index in [4.69, 9.17) is 48.9 Å². The summed E-state index contributed by atoms with van der Waals surface area (Å²) in [6, 6.07) is 0. The number of hydrogen-bond acceptors (Lipinski definition) is 12. The van der Waals surface area contributed by atoms with Gasteiger partial charge in [-0.05, 0) is 0 Å². The zero-order valence-corrected chi connectivity index (χ0v) is 9.24. The molecule has 96 valence electrons. The monoisotopic (exact) mass is 334 g/mol. The minimum absolute atomic E-state index is 5.17. The molecule has 12 nitrogen and oxygen atoms in total. The Bertz CT molecular complexity index is 476. The quantitative estimate of drug-likeness (QED) is 0.232. The Hall–Kier alpha value is -0.371. The molecule has 0 heterocycles. The van der Waals surface area contributed by atoms with E-state index in [-0.39, 0.29) is 0 Å². The Balaban J connectivity index is -0.000000144. The van der Waals surface area contributed by atoms with Crippen LogP contribution in [0, 0.1) is 0 Å². The molecule has 15 heteroatoms. The van der Waals surface area contributed by atoms with Crippen molar-refractivity contribution in [3.63, 3.8) is 0 Å². The summed E-state index contributed by atoms with van der Waals surface area (Å²) < 4.78 is 103. The Morgan fingerprint density at radius 2 is 0.667 bits per heavy atom. The Kier molecular flexibility index (Phi) is 9.37. The minimum atomic E-state index is -5.62. The van der Waals surface area contributed by atoms with Gasteiger partial charge in [-0.15, -0.1) is 0 Å². The van der Waals surface area contributed by atoms with E-state index in [1.807, 2.05) is 0 Å². The average molecular weight is 334 g/mol. The molecule has 0 bridgehead atoms. The van der Waals surface area contributed by atoms with Crippen LogP contribution in [-0.4, -0.2) is 17.5 Å². The molecule has 0 aliphatic heterocycles. The van der Waals surface area contributed by atoms with Crippen LogP contribution in [0.3, 0.4) is 0 Å². The first kappa shape index (κ1) is 20.1. The van der Waals surface area contributed by atoms with Gasteiger partial charge in [0, 0.05) is 10.4 Å². The Labute approximate surface area is 85.4 Å². The molecule has 0 spiro atoms. The normalized spacial score (nSPS) is 11.5. The summed E-state index contributed by atoms with van der Waals surface area (Å²) in [5, 5.41) is 0. The molecular weight excluding hydrogens is 334 g/mol. The van der Waals surface area contributed by atoms with Gasteiger partial charge in [-0.25, -0.2) is 0 Å². The van der Waals surface area contributed by atoms with Crippen LogP contribution < -0.4 is 8.38 Å². The predicted octanol–water partition coefficient (Wildman–Crippen LogP) is -4.43. The Morgan fingerprint density at radius 1 is 0.667 bits per heavy atom. The molecule has 15 heavy (non-hydrogen) atoms. The van der Waals surface area contributed by atoms with Crippen LogP contribution in [0.25, 0.3) is 0 Å². The molecule has 0 N–H and O–H groups in total. The number of rotatable bonds is 0. The van der Waals surface area contributed by atoms with Crippen molar-refractivity contribution in [3.05, 3.63) is 0 Å². The fourth-order valence-electron chi connectivity index (χ4n) is 0. The zero-order valence-electron chi connectivity index (χ0n) is 6.06. The van der Waals surface area contributed by atoms with Crippen LogP contribution in [-0.2, 0) is 59.3 Å². The second-order valence-corrected chi connectivity index (χ2v) is 4.34. The molecule has 0 aliphatic carbocycles. The van der Waals surface area contributed by atoms with Crippen molar-refractivity contribution in [2.24, 2.45) is 0 Å². The Morgan fingerprint density at radius 3 is 0.667 bits per heavy atom. The van der Waals surface area contributed by atoms with Gasteiger partial charge >= 0.3 is 57.3 Å². The van der Waals surface area contributed by atoms with Crippen LogP contribution in [0.15, 0.2) is 0 Å². The fraction of sp³-hybridized carbons (Fsp3) is 0. The van der Waals surface area contributed by atoms with Gasteiger partial charge in [0.15, 0.2) is 0 Å². The molecule has 0 radical (unpaired) electrons. The SMILES string of the molecule is O=S(=O)([O-])[O-].[O]=[Mn](=[O])(=[O])[O-].[O]=[Mn](=[O])(=[O])[O-]. The van der Waals surface area contributed by atoms with Gasteiger partial charge in [0.1, 0.15) is 0 Å². The van der Waals surface area contributed by atoms with Gasteiger partial charge < -0.3 is 9.11 Å². The van der Waals surface area contributed by atoms with Crippen LogP contribution in [0.4, 0.5) is 0 Å². The molecule has 0 saturated heterocycles. The van der Waals surface area contributed by atoms with Crippen molar-refractivity contribution in [2.45, 2.75) is 0 Å². The van der Waals surface area contributed by atoms with Crippen LogP contribution >= 0.6 is 0 Å². The van der Waals surface area contributed by atoms with Crippen molar-refractivity contribution in [1.29, 1.82) is 0 Å². The first-order valence-electron chi connectivity index (χ1n) is 1.90. The van der Waals surface area contributed by atoms with E-state index in [0.29, 0.717) is 0 Å². The molecule has 0 aromatic heterocycles. The summed E-state index contributed by atoms with van der Waals surface area (Å²) in [6.07, 6.45) is 0. The van der Waals surface area contributed by atoms with E-state index in [1.54, 1.807) is 0 Å². The zero-order chi connectivity index (χ0) is 13.5. The predicted molar refractivity (Wildman–Crippen MR) is 14.6 cm³/mol. The molecule has 0 aliphatic rings. The molecule has 0 atom stereocenters. The van der Waals surface area contributed by atoms with E-state index in [1.165, 1.54) is 0 Å². The van der Waals surface area contributed by atoms with Crippen LogP contribution in [0.2, 0.25) is 0 Å². The fourth-order valence-corrected chi connectivity index (χ4v) is 0. The van der Waals surface area contributed by atoms with E-state index in [0.717, 1.165) is 0 Å². The van der Waals surface area contributed by atoms with Gasteiger partial charge in [0.2, 0.25) is 0 Å². The third kappa shape index (κ3) is 13400. The van der Waals surface area contributed by atoms with E-state index in [2.05, 4.69) is 0 Å². The second-order valence-electron chi connectivity index (χ2n) is 1.16. The average Bonchev–Trinajstić information content (AvgIpc) is 1.41. The first-order chi connectivity index (χ1) is 6.00. The van der Waals surface area contributed by atoms with Crippen LogP contribution in [0.1, 0.15) is 0 Å². The van der Waals surface area contributed by atoms with E-state index >= 15 is 0 Å². The third-order valence-corrected chi connectivity index (χ3v) is 0. The summed E-state index contributed by atoms with van der Waals surface area (Å²) in [5.74, 6) is 0. The summed E-state index contributed by atoms with van der Waals surface area (Å²) >= 11 is -11.2. The molecule has 0 unspecified atom stereocenters. The topological polar surface area (TPSA) is 229 Å². The third-order valence-electron chi connectivity index (χ3n) is 0. The molecule has 0 aromatic carbocycles. The molecule has 0 amide bonds. The summed E-state index contributed by atoms with van der Waals surface area (Å²) in [6.45, 7) is 0. The van der Waals surface area contributed by atoms with Gasteiger partial charge in [-0.1, -0.05) is 0 Å². The standard InChI is InChI=1S/2Mn.H2O4S.8O/c;;1-5(2,3)4;;;;;;;;/h;;(H2,1,2,3,4);;;;;;;;/q;;;;;;;;;2*-1/p-2. The van der Waals surface area contributed by atoms with E-state index < -0.39 is 36.3 Å². The van der Waals surface area contributed by atoms with E-state index in [9.17, 15) is 0 Å². The van der Waals surface area contributed by atoms with Crippen molar-refractivity contribution in [1.82, 2.24) is 0 Å². The van der Waals surface area contributed by atoms with Gasteiger partial charge in [-0.2, -0.15) is 0 Å². The molecular formula is Mn2O12S-4. The van der Waals surface area contributed by atoms with Crippen LogP contribution in [0.5, 0.6) is 0 Å². The molecule has 0 aromatic rings. The van der Waals surface area contributed by atoms with Gasteiger partial charge in [-0.3, -0.25) is 8.42 Å². The first-order valence-corrected chi connectivity index (χ1v) is 7.09. The molecule has 0 rings (SSSR count). The van der Waals surface area contributed by atoms with Gasteiger partial charge in [0.25, 0.3) is 0 Å². The van der Waals surface area contributed by atoms with Crippen molar-refractivity contribution < 1.29 is 74.9 Å². The van der Waals surface area contributed by atoms with Crippen molar-refractivity contribution in [2.75, 3.05) is 0 Å². The maximum atomic E-state index is 8.58. The second kappa shape index (κ2) is 6.99. The molecule has 0 fully saturated rings. The van der Waals surface area contributed by atoms with Crippen molar-refractivity contribution in [3.8, 4) is 0 Å².